The normalized spacial score (nSPS) is 22.2. The van der Waals surface area contributed by atoms with E-state index in [1.54, 1.807) is 11.3 Å². The van der Waals surface area contributed by atoms with Gasteiger partial charge in [-0.1, -0.05) is 13.3 Å². The molecule has 4 heteroatoms. The number of nitrogens with zero attached hydrogens (tertiary/aromatic N) is 2. The van der Waals surface area contributed by atoms with E-state index in [4.69, 9.17) is 0 Å². The molecule has 0 saturated carbocycles. The van der Waals surface area contributed by atoms with Gasteiger partial charge in [-0.2, -0.15) is 0 Å². The van der Waals surface area contributed by atoms with Crippen molar-refractivity contribution in [3.8, 4) is 0 Å². The van der Waals surface area contributed by atoms with Crippen molar-refractivity contribution >= 4 is 17.6 Å². The summed E-state index contributed by atoms with van der Waals surface area (Å²) < 4.78 is 0. The van der Waals surface area contributed by atoms with Gasteiger partial charge in [0.1, 0.15) is 5.69 Å². The minimum Gasteiger partial charge on any atom is -0.300 e. The monoisotopic (exact) mass is 238 g/mol. The summed E-state index contributed by atoms with van der Waals surface area (Å²) >= 11 is 1.61. The second-order valence-corrected chi connectivity index (χ2v) is 5.21. The SMILES string of the molecule is CCN1CCCCC1Cc1nc(C=O)cs1. The van der Waals surface area contributed by atoms with Crippen LogP contribution in [0.3, 0.4) is 0 Å². The molecule has 1 fully saturated rings. The van der Waals surface area contributed by atoms with Gasteiger partial charge in [0.05, 0.1) is 5.01 Å². The Kier molecular flexibility index (Phi) is 4.07. The molecule has 0 N–H and O–H groups in total. The van der Waals surface area contributed by atoms with Crippen LogP contribution in [-0.2, 0) is 6.42 Å². The molecule has 1 aromatic heterocycles. The lowest BCUT2D eigenvalue weighted by molar-refractivity contribution is 0.111. The molecule has 1 atom stereocenters. The standard InChI is InChI=1S/C12H18N2OS/c1-2-14-6-4-3-5-11(14)7-12-13-10(8-15)9-16-12/h8-9,11H,2-7H2,1H3. The number of carbonyl (C=O) groups excluding carboxylic acids is 1. The van der Waals surface area contributed by atoms with Gasteiger partial charge in [0.2, 0.25) is 0 Å². The molecule has 1 saturated heterocycles. The fourth-order valence-corrected chi connectivity index (χ4v) is 3.19. The predicted molar refractivity (Wildman–Crippen MR) is 66.1 cm³/mol. The highest BCUT2D eigenvalue weighted by atomic mass is 32.1. The van der Waals surface area contributed by atoms with E-state index >= 15 is 0 Å². The highest BCUT2D eigenvalue weighted by Gasteiger charge is 2.22. The second-order valence-electron chi connectivity index (χ2n) is 4.27. The van der Waals surface area contributed by atoms with Crippen LogP contribution in [0, 0.1) is 0 Å². The lowest BCUT2D eigenvalue weighted by atomic mass is 10.00. The van der Waals surface area contributed by atoms with Gasteiger partial charge in [0.25, 0.3) is 0 Å². The molecule has 0 spiro atoms. The summed E-state index contributed by atoms with van der Waals surface area (Å²) in [6.45, 7) is 4.56. The van der Waals surface area contributed by atoms with Crippen LogP contribution in [0.1, 0.15) is 41.7 Å². The van der Waals surface area contributed by atoms with Gasteiger partial charge in [0.15, 0.2) is 6.29 Å². The summed E-state index contributed by atoms with van der Waals surface area (Å²) in [4.78, 5) is 17.4. The van der Waals surface area contributed by atoms with Crippen molar-refractivity contribution in [2.45, 2.75) is 38.6 Å². The molecule has 0 amide bonds. The number of likely N-dealkylation sites (tertiary alicyclic amines) is 1. The predicted octanol–water partition coefficient (Wildman–Crippen LogP) is 2.37. The molecule has 0 radical (unpaired) electrons. The third-order valence-electron chi connectivity index (χ3n) is 3.26. The first-order valence-corrected chi connectivity index (χ1v) is 6.85. The van der Waals surface area contributed by atoms with Crippen LogP contribution in [0.5, 0.6) is 0 Å². The van der Waals surface area contributed by atoms with Crippen LogP contribution in [0.4, 0.5) is 0 Å². The molecule has 16 heavy (non-hydrogen) atoms. The maximum absolute atomic E-state index is 10.6. The quantitative estimate of drug-likeness (QED) is 0.755. The minimum absolute atomic E-state index is 0.582. The first-order valence-electron chi connectivity index (χ1n) is 5.97. The van der Waals surface area contributed by atoms with Gasteiger partial charge in [0, 0.05) is 17.8 Å². The number of thiazole rings is 1. The molecule has 2 rings (SSSR count). The molecule has 1 aliphatic rings. The lowest BCUT2D eigenvalue weighted by Gasteiger charge is -2.34. The fourth-order valence-electron chi connectivity index (χ4n) is 2.38. The van der Waals surface area contributed by atoms with Crippen molar-refractivity contribution in [3.05, 3.63) is 16.1 Å². The van der Waals surface area contributed by atoms with Gasteiger partial charge < -0.3 is 4.90 Å². The van der Waals surface area contributed by atoms with Gasteiger partial charge in [-0.05, 0) is 25.9 Å². The average molecular weight is 238 g/mol. The Balaban J connectivity index is 1.98. The zero-order valence-electron chi connectivity index (χ0n) is 9.69. The van der Waals surface area contributed by atoms with E-state index < -0.39 is 0 Å². The van der Waals surface area contributed by atoms with E-state index in [9.17, 15) is 4.79 Å². The molecule has 1 aliphatic heterocycles. The Morgan fingerprint density at radius 1 is 1.62 bits per heavy atom. The van der Waals surface area contributed by atoms with Gasteiger partial charge in [-0.3, -0.25) is 4.79 Å². The van der Waals surface area contributed by atoms with E-state index in [0.717, 1.165) is 24.3 Å². The molecular formula is C12H18N2OS. The molecule has 2 heterocycles. The molecule has 0 bridgehead atoms. The topological polar surface area (TPSA) is 33.2 Å². The summed E-state index contributed by atoms with van der Waals surface area (Å²) in [5.74, 6) is 0. The highest BCUT2D eigenvalue weighted by Crippen LogP contribution is 2.21. The highest BCUT2D eigenvalue weighted by molar-refractivity contribution is 7.09. The molecule has 88 valence electrons. The van der Waals surface area contributed by atoms with Gasteiger partial charge in [-0.25, -0.2) is 4.98 Å². The summed E-state index contributed by atoms with van der Waals surface area (Å²) in [5, 5.41) is 2.95. The van der Waals surface area contributed by atoms with Crippen LogP contribution < -0.4 is 0 Å². The number of carbonyl (C=O) groups is 1. The van der Waals surface area contributed by atoms with Gasteiger partial charge >= 0.3 is 0 Å². The van der Waals surface area contributed by atoms with E-state index in [1.165, 1.54) is 25.8 Å². The van der Waals surface area contributed by atoms with Crippen LogP contribution in [0.2, 0.25) is 0 Å². The van der Waals surface area contributed by atoms with E-state index in [0.29, 0.717) is 11.7 Å². The number of piperidine rings is 1. The maximum Gasteiger partial charge on any atom is 0.169 e. The number of aldehydes is 1. The first-order chi connectivity index (χ1) is 7.83. The molecule has 0 aromatic carbocycles. The Bertz CT molecular complexity index is 351. The molecule has 1 unspecified atom stereocenters. The van der Waals surface area contributed by atoms with Crippen molar-refractivity contribution in [1.82, 2.24) is 9.88 Å². The third kappa shape index (κ3) is 2.68. The maximum atomic E-state index is 10.6. The van der Waals surface area contributed by atoms with Crippen molar-refractivity contribution < 1.29 is 4.79 Å². The van der Waals surface area contributed by atoms with Crippen molar-refractivity contribution in [3.63, 3.8) is 0 Å². The molecule has 1 aromatic rings. The molecular weight excluding hydrogens is 220 g/mol. The molecule has 0 aliphatic carbocycles. The van der Waals surface area contributed by atoms with Crippen LogP contribution in [0.15, 0.2) is 5.38 Å². The zero-order chi connectivity index (χ0) is 11.4. The lowest BCUT2D eigenvalue weighted by Crippen LogP contribution is -2.40. The zero-order valence-corrected chi connectivity index (χ0v) is 10.5. The second kappa shape index (κ2) is 5.55. The Morgan fingerprint density at radius 2 is 2.50 bits per heavy atom. The van der Waals surface area contributed by atoms with E-state index in [2.05, 4.69) is 16.8 Å². The number of aromatic nitrogens is 1. The largest absolute Gasteiger partial charge is 0.300 e. The Hall–Kier alpha value is -0.740. The summed E-state index contributed by atoms with van der Waals surface area (Å²) in [5.41, 5.74) is 0.582. The van der Waals surface area contributed by atoms with Crippen molar-refractivity contribution in [1.29, 1.82) is 0 Å². The average Bonchev–Trinajstić information content (AvgIpc) is 2.77. The summed E-state index contributed by atoms with van der Waals surface area (Å²) in [6.07, 6.45) is 5.75. The Morgan fingerprint density at radius 3 is 3.19 bits per heavy atom. The van der Waals surface area contributed by atoms with Crippen LogP contribution in [0.25, 0.3) is 0 Å². The minimum atomic E-state index is 0.582. The number of hydrogen-bond donors (Lipinski definition) is 0. The summed E-state index contributed by atoms with van der Waals surface area (Å²) in [6, 6.07) is 0.629. The Labute approximate surface area is 100 Å². The third-order valence-corrected chi connectivity index (χ3v) is 4.15. The van der Waals surface area contributed by atoms with Crippen molar-refractivity contribution in [2.75, 3.05) is 13.1 Å². The van der Waals surface area contributed by atoms with Gasteiger partial charge in [-0.15, -0.1) is 11.3 Å². The first kappa shape index (κ1) is 11.7. The number of likely N-dealkylation sites (N-methyl/N-ethyl adjacent to an activating group) is 1. The van der Waals surface area contributed by atoms with E-state index in [-0.39, 0.29) is 0 Å². The number of rotatable bonds is 4. The fraction of sp³-hybridized carbons (Fsp3) is 0.667. The molecule has 3 nitrogen and oxygen atoms in total. The smallest absolute Gasteiger partial charge is 0.169 e. The van der Waals surface area contributed by atoms with E-state index in [1.807, 2.05) is 5.38 Å². The van der Waals surface area contributed by atoms with Crippen LogP contribution in [-0.4, -0.2) is 35.3 Å². The van der Waals surface area contributed by atoms with Crippen molar-refractivity contribution in [2.24, 2.45) is 0 Å². The number of hydrogen-bond acceptors (Lipinski definition) is 4. The van der Waals surface area contributed by atoms with Crippen LogP contribution >= 0.6 is 11.3 Å². The summed E-state index contributed by atoms with van der Waals surface area (Å²) in [7, 11) is 0.